The molecule has 0 bridgehead atoms. The molecule has 0 aromatic heterocycles. The summed E-state index contributed by atoms with van der Waals surface area (Å²) < 4.78 is 13.9. The summed E-state index contributed by atoms with van der Waals surface area (Å²) in [4.78, 5) is 18.4. The number of rotatable bonds is 5. The molecule has 1 aliphatic carbocycles. The standard InChI is InChI=1S/C23H22FN5O2/c24-12-5-6-18-14(9-12)19(23(30)28-18)22-21(13-3-1-2-4-17(13)27-22)29-31-8-7-26-20-15-10-25-11-16(15)20/h1-6,9,15-16,20,25-27H,7-8,10-11H2,(H,28,30)/b22-19-,29-21+/t15-,16+,20+. The van der Waals surface area contributed by atoms with Crippen molar-refractivity contribution in [3.05, 3.63) is 65.1 Å². The molecule has 2 aromatic rings. The number of halogens is 1. The van der Waals surface area contributed by atoms with E-state index < -0.39 is 5.82 Å². The van der Waals surface area contributed by atoms with Gasteiger partial charge in [-0.05, 0) is 49.2 Å². The average molecular weight is 419 g/mol. The van der Waals surface area contributed by atoms with Crippen LogP contribution < -0.4 is 21.3 Å². The van der Waals surface area contributed by atoms with Crippen molar-refractivity contribution < 1.29 is 14.0 Å². The molecule has 0 spiro atoms. The van der Waals surface area contributed by atoms with Crippen LogP contribution in [-0.4, -0.2) is 43.9 Å². The first-order valence-electron chi connectivity index (χ1n) is 10.6. The smallest absolute Gasteiger partial charge is 0.258 e. The lowest BCUT2D eigenvalue weighted by Crippen LogP contribution is -2.29. The Labute approximate surface area is 178 Å². The molecule has 1 saturated carbocycles. The van der Waals surface area contributed by atoms with Crippen LogP contribution in [0.5, 0.6) is 0 Å². The van der Waals surface area contributed by atoms with Crippen LogP contribution in [0.25, 0.3) is 5.57 Å². The van der Waals surface area contributed by atoms with Crippen LogP contribution in [0.3, 0.4) is 0 Å². The van der Waals surface area contributed by atoms with Crippen LogP contribution in [0.1, 0.15) is 11.1 Å². The lowest BCUT2D eigenvalue weighted by atomic mass is 10.0. The number of carbonyl (C=O) groups excluding carboxylic acids is 1. The van der Waals surface area contributed by atoms with Crippen molar-refractivity contribution in [1.82, 2.24) is 10.6 Å². The number of para-hydroxylation sites is 1. The van der Waals surface area contributed by atoms with Crippen LogP contribution in [0.2, 0.25) is 0 Å². The van der Waals surface area contributed by atoms with Gasteiger partial charge in [-0.25, -0.2) is 4.39 Å². The Kier molecular flexibility index (Phi) is 4.29. The van der Waals surface area contributed by atoms with E-state index in [1.807, 2.05) is 24.3 Å². The van der Waals surface area contributed by atoms with E-state index >= 15 is 0 Å². The van der Waals surface area contributed by atoms with Gasteiger partial charge in [-0.2, -0.15) is 0 Å². The molecule has 2 aromatic carbocycles. The summed E-state index contributed by atoms with van der Waals surface area (Å²) in [5, 5.41) is 17.4. The first kappa shape index (κ1) is 18.5. The van der Waals surface area contributed by atoms with Crippen molar-refractivity contribution in [1.29, 1.82) is 0 Å². The van der Waals surface area contributed by atoms with Crippen molar-refractivity contribution in [3.63, 3.8) is 0 Å². The molecule has 3 heterocycles. The highest BCUT2D eigenvalue weighted by molar-refractivity contribution is 6.39. The van der Waals surface area contributed by atoms with Gasteiger partial charge in [0.15, 0.2) is 0 Å². The molecule has 7 nitrogen and oxygen atoms in total. The molecule has 3 atom stereocenters. The van der Waals surface area contributed by atoms with Gasteiger partial charge in [0.05, 0.1) is 11.3 Å². The van der Waals surface area contributed by atoms with E-state index in [1.54, 1.807) is 6.07 Å². The Bertz CT molecular complexity index is 1130. The highest BCUT2D eigenvalue weighted by Gasteiger charge is 2.52. The second-order valence-electron chi connectivity index (χ2n) is 8.30. The zero-order chi connectivity index (χ0) is 20.9. The van der Waals surface area contributed by atoms with Crippen LogP contribution in [0, 0.1) is 17.7 Å². The van der Waals surface area contributed by atoms with Crippen molar-refractivity contribution in [2.75, 3.05) is 36.9 Å². The van der Waals surface area contributed by atoms with E-state index in [0.717, 1.165) is 36.2 Å². The fraction of sp³-hybridized carbons (Fsp3) is 0.304. The normalized spacial score (nSPS) is 28.7. The largest absolute Gasteiger partial charge is 0.394 e. The number of fused-ring (bicyclic) bond motifs is 3. The third-order valence-electron chi connectivity index (χ3n) is 6.48. The number of hydrogen-bond donors (Lipinski definition) is 4. The summed E-state index contributed by atoms with van der Waals surface area (Å²) in [5.74, 6) is 0.800. The van der Waals surface area contributed by atoms with Crippen LogP contribution in [-0.2, 0) is 9.63 Å². The van der Waals surface area contributed by atoms with Gasteiger partial charge in [0.25, 0.3) is 5.91 Å². The van der Waals surface area contributed by atoms with Crippen molar-refractivity contribution in [3.8, 4) is 0 Å². The number of carbonyl (C=O) groups is 1. The quantitative estimate of drug-likeness (QED) is 0.339. The SMILES string of the molecule is O=C1Nc2ccc(F)cc2/C1=C1/Nc2ccccc2/C1=N\OCCN[C@H]1[C@@H]2CNC[C@@H]21. The number of anilines is 2. The van der Waals surface area contributed by atoms with Gasteiger partial charge in [-0.15, -0.1) is 0 Å². The molecule has 158 valence electrons. The fourth-order valence-electron chi connectivity index (χ4n) is 4.89. The van der Waals surface area contributed by atoms with Gasteiger partial charge in [-0.3, -0.25) is 4.79 Å². The number of hydrogen-bond acceptors (Lipinski definition) is 6. The zero-order valence-electron chi connectivity index (χ0n) is 16.7. The van der Waals surface area contributed by atoms with Gasteiger partial charge in [0.2, 0.25) is 0 Å². The number of piperidine rings is 1. The number of oxime groups is 1. The van der Waals surface area contributed by atoms with Crippen molar-refractivity contribution in [2.45, 2.75) is 6.04 Å². The Balaban J connectivity index is 1.26. The Morgan fingerprint density at radius 3 is 2.74 bits per heavy atom. The summed E-state index contributed by atoms with van der Waals surface area (Å²) >= 11 is 0. The third-order valence-corrected chi connectivity index (χ3v) is 6.48. The minimum absolute atomic E-state index is 0.292. The minimum Gasteiger partial charge on any atom is -0.394 e. The van der Waals surface area contributed by atoms with Gasteiger partial charge in [-0.1, -0.05) is 23.4 Å². The van der Waals surface area contributed by atoms with Crippen molar-refractivity contribution >= 4 is 28.6 Å². The van der Waals surface area contributed by atoms with Gasteiger partial charge in [0.1, 0.15) is 18.1 Å². The number of benzene rings is 2. The predicted octanol–water partition coefficient (Wildman–Crippen LogP) is 2.14. The second kappa shape index (κ2) is 7.18. The van der Waals surface area contributed by atoms with E-state index in [0.29, 0.717) is 47.4 Å². The maximum atomic E-state index is 13.9. The van der Waals surface area contributed by atoms with Crippen LogP contribution in [0.4, 0.5) is 15.8 Å². The number of nitrogens with zero attached hydrogens (tertiary/aromatic N) is 1. The molecule has 3 aliphatic heterocycles. The second-order valence-corrected chi connectivity index (χ2v) is 8.30. The molecule has 8 heteroatoms. The van der Waals surface area contributed by atoms with E-state index in [4.69, 9.17) is 4.84 Å². The lowest BCUT2D eigenvalue weighted by molar-refractivity contribution is -0.110. The van der Waals surface area contributed by atoms with Gasteiger partial charge >= 0.3 is 0 Å². The third kappa shape index (κ3) is 3.10. The number of nitrogens with one attached hydrogen (secondary N) is 4. The Morgan fingerprint density at radius 2 is 1.87 bits per heavy atom. The first-order valence-corrected chi connectivity index (χ1v) is 10.6. The Hall–Kier alpha value is -3.23. The first-order chi connectivity index (χ1) is 15.2. The topological polar surface area (TPSA) is 86.8 Å². The van der Waals surface area contributed by atoms with Crippen molar-refractivity contribution in [2.24, 2.45) is 17.0 Å². The molecule has 1 saturated heterocycles. The molecule has 0 radical (unpaired) electrons. The highest BCUT2D eigenvalue weighted by atomic mass is 19.1. The summed E-state index contributed by atoms with van der Waals surface area (Å²) in [5.41, 5.74) is 4.22. The van der Waals surface area contributed by atoms with Crippen LogP contribution >= 0.6 is 0 Å². The summed E-state index contributed by atoms with van der Waals surface area (Å²) in [6.45, 7) is 3.32. The molecule has 0 unspecified atom stereocenters. The summed E-state index contributed by atoms with van der Waals surface area (Å²) in [7, 11) is 0. The fourth-order valence-corrected chi connectivity index (χ4v) is 4.89. The molecule has 4 N–H and O–H groups in total. The summed E-state index contributed by atoms with van der Waals surface area (Å²) in [6, 6.07) is 12.5. The van der Waals surface area contributed by atoms with Gasteiger partial charge < -0.3 is 26.1 Å². The van der Waals surface area contributed by atoms with E-state index in [-0.39, 0.29) is 5.91 Å². The monoisotopic (exact) mass is 419 g/mol. The molecule has 1 amide bonds. The lowest BCUT2D eigenvalue weighted by Gasteiger charge is -2.08. The number of allylic oxidation sites excluding steroid dienone is 1. The van der Waals surface area contributed by atoms with E-state index in [9.17, 15) is 9.18 Å². The van der Waals surface area contributed by atoms with Gasteiger partial charge in [0, 0.05) is 35.1 Å². The maximum Gasteiger partial charge on any atom is 0.258 e. The minimum atomic E-state index is -0.398. The predicted molar refractivity (Wildman–Crippen MR) is 116 cm³/mol. The summed E-state index contributed by atoms with van der Waals surface area (Å²) in [6.07, 6.45) is 0. The average Bonchev–Trinajstić information content (AvgIpc) is 3.12. The molecule has 2 fully saturated rings. The molecule has 31 heavy (non-hydrogen) atoms. The molecular weight excluding hydrogens is 397 g/mol. The molecule has 6 rings (SSSR count). The van der Waals surface area contributed by atoms with E-state index in [2.05, 4.69) is 26.4 Å². The molecule has 4 aliphatic rings. The zero-order valence-corrected chi connectivity index (χ0v) is 16.7. The van der Waals surface area contributed by atoms with E-state index in [1.165, 1.54) is 12.1 Å². The number of amides is 1. The van der Waals surface area contributed by atoms with Crippen LogP contribution in [0.15, 0.2) is 53.3 Å². The maximum absolute atomic E-state index is 13.9. The molecular formula is C23H22FN5O2. The Morgan fingerprint density at radius 1 is 1.06 bits per heavy atom. The highest BCUT2D eigenvalue weighted by Crippen LogP contribution is 2.41.